The summed E-state index contributed by atoms with van der Waals surface area (Å²) in [6.07, 6.45) is 2.76. The second-order valence-electron chi connectivity index (χ2n) is 7.34. The van der Waals surface area contributed by atoms with Gasteiger partial charge in [-0.1, -0.05) is 0 Å². The summed E-state index contributed by atoms with van der Waals surface area (Å²) in [5, 5.41) is 0. The number of amides is 1. The molecule has 1 amide bonds. The Kier molecular flexibility index (Phi) is 4.07. The van der Waals surface area contributed by atoms with E-state index in [-0.39, 0.29) is 29.9 Å². The van der Waals surface area contributed by atoms with Crippen LogP contribution in [0.2, 0.25) is 0 Å². The summed E-state index contributed by atoms with van der Waals surface area (Å²) in [6.45, 7) is 2.32. The van der Waals surface area contributed by atoms with Gasteiger partial charge in [-0.05, 0) is 43.0 Å². The molecule has 1 aliphatic carbocycles. The third-order valence-corrected chi connectivity index (χ3v) is 5.64. The van der Waals surface area contributed by atoms with Gasteiger partial charge in [0, 0.05) is 43.3 Å². The number of ketones is 2. The lowest BCUT2D eigenvalue weighted by molar-refractivity contribution is -0.133. The Morgan fingerprint density at radius 2 is 1.80 bits per heavy atom. The molecule has 2 heterocycles. The van der Waals surface area contributed by atoms with Gasteiger partial charge < -0.3 is 15.5 Å². The number of Topliss-reactive ketones (excluding diaryl/α,β-unsaturated/α-hetero) is 2. The van der Waals surface area contributed by atoms with Crippen LogP contribution in [-0.2, 0) is 16.1 Å². The van der Waals surface area contributed by atoms with E-state index in [9.17, 15) is 14.4 Å². The van der Waals surface area contributed by atoms with E-state index in [0.717, 1.165) is 37.2 Å². The van der Waals surface area contributed by atoms with Crippen molar-refractivity contribution in [2.24, 2.45) is 5.73 Å². The quantitative estimate of drug-likeness (QED) is 0.819. The van der Waals surface area contributed by atoms with Crippen molar-refractivity contribution in [2.45, 2.75) is 50.7 Å². The first kappa shape index (κ1) is 16.3. The van der Waals surface area contributed by atoms with Crippen molar-refractivity contribution < 1.29 is 14.4 Å². The standard InChI is InChI=1S/C19H23N3O3/c20-13-5-7-21(8-6-13)14-1-3-16-12(9-14)11-22(19(16)25)17-4-2-15(23)10-18(17)24/h1,3,9,13,17H,2,4-8,10-11,20H2. The van der Waals surface area contributed by atoms with E-state index in [1.165, 1.54) is 0 Å². The van der Waals surface area contributed by atoms with Crippen LogP contribution < -0.4 is 10.6 Å². The molecule has 2 fully saturated rings. The van der Waals surface area contributed by atoms with Gasteiger partial charge in [-0.15, -0.1) is 0 Å². The summed E-state index contributed by atoms with van der Waals surface area (Å²) >= 11 is 0. The van der Waals surface area contributed by atoms with Crippen LogP contribution in [0, 0.1) is 0 Å². The lowest BCUT2D eigenvalue weighted by atomic mass is 9.92. The van der Waals surface area contributed by atoms with Crippen LogP contribution in [0.5, 0.6) is 0 Å². The van der Waals surface area contributed by atoms with Gasteiger partial charge in [0.25, 0.3) is 5.91 Å². The van der Waals surface area contributed by atoms with Crippen LogP contribution >= 0.6 is 0 Å². The van der Waals surface area contributed by atoms with Gasteiger partial charge in [-0.2, -0.15) is 0 Å². The maximum absolute atomic E-state index is 12.7. The van der Waals surface area contributed by atoms with Crippen molar-refractivity contribution in [1.29, 1.82) is 0 Å². The summed E-state index contributed by atoms with van der Waals surface area (Å²) in [7, 11) is 0. The van der Waals surface area contributed by atoms with E-state index < -0.39 is 6.04 Å². The minimum atomic E-state index is -0.450. The van der Waals surface area contributed by atoms with E-state index in [2.05, 4.69) is 11.0 Å². The molecule has 3 aliphatic rings. The normalized spacial score (nSPS) is 24.8. The van der Waals surface area contributed by atoms with Crippen molar-refractivity contribution in [1.82, 2.24) is 4.90 Å². The first-order chi connectivity index (χ1) is 12.0. The van der Waals surface area contributed by atoms with Crippen LogP contribution in [0.3, 0.4) is 0 Å². The summed E-state index contributed by atoms with van der Waals surface area (Å²) in [6, 6.07) is 5.77. The Bertz CT molecular complexity index is 737. The molecule has 0 spiro atoms. The second-order valence-corrected chi connectivity index (χ2v) is 7.34. The van der Waals surface area contributed by atoms with Crippen molar-refractivity contribution in [3.8, 4) is 0 Å². The summed E-state index contributed by atoms with van der Waals surface area (Å²) in [5.74, 6) is -0.228. The van der Waals surface area contributed by atoms with Gasteiger partial charge in [0.15, 0.2) is 5.78 Å². The molecule has 132 valence electrons. The smallest absolute Gasteiger partial charge is 0.255 e. The number of hydrogen-bond acceptors (Lipinski definition) is 5. The fourth-order valence-electron chi connectivity index (χ4n) is 4.12. The Morgan fingerprint density at radius 3 is 2.52 bits per heavy atom. The third kappa shape index (κ3) is 2.95. The minimum absolute atomic E-state index is 0.0176. The number of piperidine rings is 1. The van der Waals surface area contributed by atoms with Gasteiger partial charge >= 0.3 is 0 Å². The number of fused-ring (bicyclic) bond motifs is 1. The lowest BCUT2D eigenvalue weighted by Crippen LogP contribution is -2.44. The fourth-order valence-corrected chi connectivity index (χ4v) is 4.12. The topological polar surface area (TPSA) is 83.7 Å². The van der Waals surface area contributed by atoms with Crippen LogP contribution in [0.4, 0.5) is 5.69 Å². The molecule has 2 aliphatic heterocycles. The van der Waals surface area contributed by atoms with Gasteiger partial charge in [0.2, 0.25) is 0 Å². The maximum atomic E-state index is 12.7. The lowest BCUT2D eigenvalue weighted by Gasteiger charge is -2.32. The molecule has 0 aromatic heterocycles. The fraction of sp³-hybridized carbons (Fsp3) is 0.526. The number of carbonyl (C=O) groups is 3. The first-order valence-corrected chi connectivity index (χ1v) is 9.02. The molecule has 0 bridgehead atoms. The molecular weight excluding hydrogens is 318 g/mol. The molecule has 1 unspecified atom stereocenters. The number of rotatable bonds is 2. The molecule has 6 heteroatoms. The zero-order chi connectivity index (χ0) is 17.6. The van der Waals surface area contributed by atoms with Crippen LogP contribution in [-0.4, -0.2) is 47.5 Å². The highest BCUT2D eigenvalue weighted by atomic mass is 16.2. The predicted molar refractivity (Wildman–Crippen MR) is 93.4 cm³/mol. The van der Waals surface area contributed by atoms with E-state index in [1.54, 1.807) is 4.90 Å². The molecule has 1 atom stereocenters. The van der Waals surface area contributed by atoms with Gasteiger partial charge in [0.1, 0.15) is 5.78 Å². The van der Waals surface area contributed by atoms with Crippen LogP contribution in [0.1, 0.15) is 48.0 Å². The van der Waals surface area contributed by atoms with Crippen LogP contribution in [0.25, 0.3) is 0 Å². The van der Waals surface area contributed by atoms with E-state index in [4.69, 9.17) is 5.73 Å². The van der Waals surface area contributed by atoms with Gasteiger partial charge in [0.05, 0.1) is 12.5 Å². The summed E-state index contributed by atoms with van der Waals surface area (Å²) < 4.78 is 0. The van der Waals surface area contributed by atoms with Crippen molar-refractivity contribution in [3.63, 3.8) is 0 Å². The van der Waals surface area contributed by atoms with E-state index in [0.29, 0.717) is 24.9 Å². The van der Waals surface area contributed by atoms with Gasteiger partial charge in [-0.25, -0.2) is 0 Å². The highest BCUT2D eigenvalue weighted by molar-refractivity contribution is 6.07. The predicted octanol–water partition coefficient (Wildman–Crippen LogP) is 1.26. The second kappa shape index (κ2) is 6.26. The highest BCUT2D eigenvalue weighted by Crippen LogP contribution is 2.32. The molecule has 25 heavy (non-hydrogen) atoms. The molecule has 0 radical (unpaired) electrons. The molecule has 6 nitrogen and oxygen atoms in total. The maximum Gasteiger partial charge on any atom is 0.255 e. The molecule has 2 N–H and O–H groups in total. The molecule has 1 saturated heterocycles. The number of nitrogens with two attached hydrogens (primary N) is 1. The number of nitrogens with zero attached hydrogens (tertiary/aromatic N) is 2. The van der Waals surface area contributed by atoms with E-state index in [1.807, 2.05) is 12.1 Å². The number of benzene rings is 1. The SMILES string of the molecule is NC1CCN(c2ccc3c(c2)CN(C2CCC(=O)CC2=O)C3=O)CC1. The van der Waals surface area contributed by atoms with Crippen molar-refractivity contribution in [3.05, 3.63) is 29.3 Å². The molecule has 1 aromatic carbocycles. The number of hydrogen-bond donors (Lipinski definition) is 1. The Hall–Kier alpha value is -2.21. The Balaban J connectivity index is 1.53. The Morgan fingerprint density at radius 1 is 1.04 bits per heavy atom. The average molecular weight is 341 g/mol. The van der Waals surface area contributed by atoms with E-state index >= 15 is 0 Å². The zero-order valence-electron chi connectivity index (χ0n) is 14.2. The van der Waals surface area contributed by atoms with Crippen molar-refractivity contribution in [2.75, 3.05) is 18.0 Å². The first-order valence-electron chi connectivity index (χ1n) is 9.02. The largest absolute Gasteiger partial charge is 0.371 e. The monoisotopic (exact) mass is 341 g/mol. The van der Waals surface area contributed by atoms with Gasteiger partial charge in [-0.3, -0.25) is 14.4 Å². The molecule has 1 aromatic rings. The minimum Gasteiger partial charge on any atom is -0.371 e. The van der Waals surface area contributed by atoms with Crippen LogP contribution in [0.15, 0.2) is 18.2 Å². The average Bonchev–Trinajstić information content (AvgIpc) is 2.92. The molecular formula is C19H23N3O3. The molecule has 4 rings (SSSR count). The third-order valence-electron chi connectivity index (χ3n) is 5.64. The number of carbonyl (C=O) groups excluding carboxylic acids is 3. The highest BCUT2D eigenvalue weighted by Gasteiger charge is 2.39. The number of anilines is 1. The summed E-state index contributed by atoms with van der Waals surface area (Å²) in [4.78, 5) is 40.3. The van der Waals surface area contributed by atoms with Crippen molar-refractivity contribution >= 4 is 23.2 Å². The Labute approximate surface area is 147 Å². The zero-order valence-corrected chi connectivity index (χ0v) is 14.2. The molecule has 1 saturated carbocycles. The summed E-state index contributed by atoms with van der Waals surface area (Å²) in [5.41, 5.74) is 8.75.